The SMILES string of the molecule is CCOC(=O)NC1CCc2ccccc21. The highest BCUT2D eigenvalue weighted by Crippen LogP contribution is 2.30. The third-order valence-electron chi connectivity index (χ3n) is 2.70. The van der Waals surface area contributed by atoms with Crippen LogP contribution < -0.4 is 5.32 Å². The van der Waals surface area contributed by atoms with Gasteiger partial charge in [-0.05, 0) is 30.9 Å². The molecule has 0 aliphatic heterocycles. The molecule has 3 heteroatoms. The minimum absolute atomic E-state index is 0.125. The number of hydrogen-bond acceptors (Lipinski definition) is 2. The van der Waals surface area contributed by atoms with Crippen LogP contribution in [-0.4, -0.2) is 12.7 Å². The molecule has 3 nitrogen and oxygen atoms in total. The van der Waals surface area contributed by atoms with E-state index in [1.807, 2.05) is 19.1 Å². The average Bonchev–Trinajstić information content (AvgIpc) is 2.62. The number of fused-ring (bicyclic) bond motifs is 1. The number of aryl methyl sites for hydroxylation is 1. The lowest BCUT2D eigenvalue weighted by Crippen LogP contribution is -2.27. The van der Waals surface area contributed by atoms with Crippen molar-refractivity contribution in [1.82, 2.24) is 5.32 Å². The van der Waals surface area contributed by atoms with E-state index in [0.717, 1.165) is 12.8 Å². The number of rotatable bonds is 2. The van der Waals surface area contributed by atoms with Gasteiger partial charge in [0.25, 0.3) is 0 Å². The van der Waals surface area contributed by atoms with Gasteiger partial charge < -0.3 is 10.1 Å². The molecular formula is C12H15NO2. The molecule has 1 aliphatic rings. The summed E-state index contributed by atoms with van der Waals surface area (Å²) >= 11 is 0. The number of nitrogens with one attached hydrogen (secondary N) is 1. The highest BCUT2D eigenvalue weighted by Gasteiger charge is 2.23. The van der Waals surface area contributed by atoms with Crippen molar-refractivity contribution < 1.29 is 9.53 Å². The second-order valence-corrected chi connectivity index (χ2v) is 3.65. The number of benzene rings is 1. The van der Waals surface area contributed by atoms with Gasteiger partial charge in [0.15, 0.2) is 0 Å². The highest BCUT2D eigenvalue weighted by atomic mass is 16.5. The molecule has 1 unspecified atom stereocenters. The smallest absolute Gasteiger partial charge is 0.407 e. The summed E-state index contributed by atoms with van der Waals surface area (Å²) in [7, 11) is 0. The number of ether oxygens (including phenoxy) is 1. The molecule has 15 heavy (non-hydrogen) atoms. The maximum Gasteiger partial charge on any atom is 0.407 e. The summed E-state index contributed by atoms with van der Waals surface area (Å²) in [6, 6.07) is 8.34. The molecule has 1 N–H and O–H groups in total. The van der Waals surface area contributed by atoms with E-state index in [1.165, 1.54) is 11.1 Å². The fourth-order valence-corrected chi connectivity index (χ4v) is 2.02. The Bertz CT molecular complexity index is 362. The van der Waals surface area contributed by atoms with Crippen molar-refractivity contribution in [2.24, 2.45) is 0 Å². The normalized spacial score (nSPS) is 18.3. The number of carbonyl (C=O) groups is 1. The first-order valence-corrected chi connectivity index (χ1v) is 5.32. The largest absolute Gasteiger partial charge is 0.450 e. The topological polar surface area (TPSA) is 38.3 Å². The summed E-state index contributed by atoms with van der Waals surface area (Å²) in [5, 5.41) is 2.87. The lowest BCUT2D eigenvalue weighted by Gasteiger charge is -2.13. The standard InChI is InChI=1S/C12H15NO2/c1-2-15-12(14)13-11-8-7-9-5-3-4-6-10(9)11/h3-6,11H,2,7-8H2,1H3,(H,13,14). The second-order valence-electron chi connectivity index (χ2n) is 3.65. The number of hydrogen-bond donors (Lipinski definition) is 1. The zero-order chi connectivity index (χ0) is 10.7. The van der Waals surface area contributed by atoms with E-state index in [1.54, 1.807) is 0 Å². The van der Waals surface area contributed by atoms with Gasteiger partial charge in [-0.15, -0.1) is 0 Å². The third kappa shape index (κ3) is 2.12. The molecule has 0 saturated heterocycles. The van der Waals surface area contributed by atoms with Gasteiger partial charge in [0.05, 0.1) is 12.6 Å². The van der Waals surface area contributed by atoms with Crippen LogP contribution in [0.15, 0.2) is 24.3 Å². The molecule has 80 valence electrons. The molecule has 1 aromatic rings. The van der Waals surface area contributed by atoms with E-state index >= 15 is 0 Å². The van der Waals surface area contributed by atoms with E-state index < -0.39 is 0 Å². The van der Waals surface area contributed by atoms with Crippen LogP contribution in [-0.2, 0) is 11.2 Å². The van der Waals surface area contributed by atoms with Gasteiger partial charge in [0.1, 0.15) is 0 Å². The van der Waals surface area contributed by atoms with Crippen LogP contribution in [0.4, 0.5) is 4.79 Å². The highest BCUT2D eigenvalue weighted by molar-refractivity contribution is 5.68. The molecule has 0 spiro atoms. The molecule has 0 bridgehead atoms. The molecule has 0 fully saturated rings. The van der Waals surface area contributed by atoms with Crippen molar-refractivity contribution in [2.75, 3.05) is 6.61 Å². The molecule has 1 amide bonds. The minimum atomic E-state index is -0.320. The quantitative estimate of drug-likeness (QED) is 0.805. The maximum atomic E-state index is 11.3. The van der Waals surface area contributed by atoms with Gasteiger partial charge in [-0.1, -0.05) is 24.3 Å². The maximum absolute atomic E-state index is 11.3. The first-order chi connectivity index (χ1) is 7.31. The minimum Gasteiger partial charge on any atom is -0.450 e. The van der Waals surface area contributed by atoms with Gasteiger partial charge in [0, 0.05) is 0 Å². The number of alkyl carbamates (subject to hydrolysis) is 1. The van der Waals surface area contributed by atoms with Crippen LogP contribution in [0.25, 0.3) is 0 Å². The Morgan fingerprint density at radius 2 is 2.33 bits per heavy atom. The molecule has 1 aliphatic carbocycles. The van der Waals surface area contributed by atoms with Crippen molar-refractivity contribution in [3.63, 3.8) is 0 Å². The van der Waals surface area contributed by atoms with Gasteiger partial charge >= 0.3 is 6.09 Å². The molecule has 0 saturated carbocycles. The van der Waals surface area contributed by atoms with E-state index in [-0.39, 0.29) is 12.1 Å². The molecule has 1 atom stereocenters. The third-order valence-corrected chi connectivity index (χ3v) is 2.70. The van der Waals surface area contributed by atoms with Crippen LogP contribution in [0.5, 0.6) is 0 Å². The van der Waals surface area contributed by atoms with E-state index in [4.69, 9.17) is 4.74 Å². The van der Waals surface area contributed by atoms with Crippen molar-refractivity contribution >= 4 is 6.09 Å². The molecule has 0 aromatic heterocycles. The van der Waals surface area contributed by atoms with Crippen LogP contribution in [0.3, 0.4) is 0 Å². The van der Waals surface area contributed by atoms with Gasteiger partial charge in [-0.2, -0.15) is 0 Å². The summed E-state index contributed by atoms with van der Waals surface area (Å²) in [6.45, 7) is 2.22. The van der Waals surface area contributed by atoms with Crippen LogP contribution in [0.2, 0.25) is 0 Å². The molecule has 0 radical (unpaired) electrons. The monoisotopic (exact) mass is 205 g/mol. The predicted molar refractivity (Wildman–Crippen MR) is 57.7 cm³/mol. The van der Waals surface area contributed by atoms with Crippen molar-refractivity contribution in [2.45, 2.75) is 25.8 Å². The molecule has 1 aromatic carbocycles. The zero-order valence-electron chi connectivity index (χ0n) is 8.82. The Kier molecular flexibility index (Phi) is 2.90. The molecule has 0 heterocycles. The summed E-state index contributed by atoms with van der Waals surface area (Å²) in [4.78, 5) is 11.3. The first-order valence-electron chi connectivity index (χ1n) is 5.32. The van der Waals surface area contributed by atoms with Crippen molar-refractivity contribution in [1.29, 1.82) is 0 Å². The van der Waals surface area contributed by atoms with Crippen molar-refractivity contribution in [3.8, 4) is 0 Å². The lowest BCUT2D eigenvalue weighted by molar-refractivity contribution is 0.148. The van der Waals surface area contributed by atoms with Gasteiger partial charge in [-0.3, -0.25) is 0 Å². The van der Waals surface area contributed by atoms with Crippen LogP contribution in [0, 0.1) is 0 Å². The Labute approximate surface area is 89.4 Å². The summed E-state index contributed by atoms with van der Waals surface area (Å²) in [5.41, 5.74) is 2.56. The first kappa shape index (κ1) is 10.0. The van der Waals surface area contributed by atoms with Crippen LogP contribution in [0.1, 0.15) is 30.5 Å². The molecule has 2 rings (SSSR count). The fraction of sp³-hybridized carbons (Fsp3) is 0.417. The van der Waals surface area contributed by atoms with E-state index in [0.29, 0.717) is 6.61 Å². The Balaban J connectivity index is 2.04. The zero-order valence-corrected chi connectivity index (χ0v) is 8.82. The number of carbonyl (C=O) groups excluding carboxylic acids is 1. The van der Waals surface area contributed by atoms with Gasteiger partial charge in [0.2, 0.25) is 0 Å². The van der Waals surface area contributed by atoms with E-state index in [2.05, 4.69) is 17.4 Å². The average molecular weight is 205 g/mol. The predicted octanol–water partition coefficient (Wildman–Crippen LogP) is 2.42. The second kappa shape index (κ2) is 4.34. The summed E-state index contributed by atoms with van der Waals surface area (Å²) < 4.78 is 4.87. The molecular weight excluding hydrogens is 190 g/mol. The van der Waals surface area contributed by atoms with Gasteiger partial charge in [-0.25, -0.2) is 4.79 Å². The summed E-state index contributed by atoms with van der Waals surface area (Å²) in [6.07, 6.45) is 1.69. The van der Waals surface area contributed by atoms with E-state index in [9.17, 15) is 4.79 Å². The number of amides is 1. The Morgan fingerprint density at radius 1 is 1.53 bits per heavy atom. The summed E-state index contributed by atoms with van der Waals surface area (Å²) in [5.74, 6) is 0. The lowest BCUT2D eigenvalue weighted by atomic mass is 10.1. The van der Waals surface area contributed by atoms with Crippen molar-refractivity contribution in [3.05, 3.63) is 35.4 Å². The van der Waals surface area contributed by atoms with Crippen LogP contribution >= 0.6 is 0 Å². The Morgan fingerprint density at radius 3 is 3.13 bits per heavy atom. The Hall–Kier alpha value is -1.51. The fourth-order valence-electron chi connectivity index (χ4n) is 2.02.